The Labute approximate surface area is 207 Å². The fourth-order valence-corrected chi connectivity index (χ4v) is 9.51. The van der Waals surface area contributed by atoms with E-state index in [1.807, 2.05) is 12.1 Å². The van der Waals surface area contributed by atoms with Crippen LogP contribution >= 0.6 is 7.26 Å². The monoisotopic (exact) mass is 475 g/mol. The second-order valence-electron chi connectivity index (χ2n) is 8.91. The van der Waals surface area contributed by atoms with Gasteiger partial charge in [0, 0.05) is 16.7 Å². The van der Waals surface area contributed by atoms with Crippen molar-refractivity contribution >= 4 is 34.7 Å². The Morgan fingerprint density at radius 3 is 1.49 bits per heavy atom. The van der Waals surface area contributed by atoms with Crippen LogP contribution in [0.2, 0.25) is 0 Å². The highest BCUT2D eigenvalue weighted by molar-refractivity contribution is 7.95. The molecule has 0 saturated heterocycles. The minimum atomic E-state index is -1.87. The molecule has 5 rings (SSSR count). The molecule has 3 heteroatoms. The van der Waals surface area contributed by atoms with Crippen LogP contribution in [0.1, 0.15) is 40.0 Å². The Bertz CT molecular complexity index is 1260. The number of carbonyl (C=O) groups excluding carboxylic acids is 2. The van der Waals surface area contributed by atoms with Crippen LogP contribution < -0.4 is 15.9 Å². The van der Waals surface area contributed by atoms with Crippen LogP contribution in [0.3, 0.4) is 0 Å². The molecular formula is C32H28O2P+. The molecule has 0 radical (unpaired) electrons. The van der Waals surface area contributed by atoms with Crippen LogP contribution in [0.4, 0.5) is 0 Å². The van der Waals surface area contributed by atoms with E-state index in [0.29, 0.717) is 23.1 Å². The third kappa shape index (κ3) is 4.55. The summed E-state index contributed by atoms with van der Waals surface area (Å²) in [6.45, 7) is 0. The first kappa shape index (κ1) is 23.1. The van der Waals surface area contributed by atoms with Crippen molar-refractivity contribution in [1.29, 1.82) is 0 Å². The van der Waals surface area contributed by atoms with Gasteiger partial charge in [-0.1, -0.05) is 78.9 Å². The van der Waals surface area contributed by atoms with Gasteiger partial charge in [-0.3, -0.25) is 9.59 Å². The normalized spacial score (nSPS) is 13.3. The van der Waals surface area contributed by atoms with E-state index >= 15 is 0 Å². The summed E-state index contributed by atoms with van der Waals surface area (Å²) in [7, 11) is -1.87. The predicted octanol–water partition coefficient (Wildman–Crippen LogP) is 6.16. The number of rotatable bonds is 8. The van der Waals surface area contributed by atoms with Crippen molar-refractivity contribution in [3.8, 4) is 0 Å². The summed E-state index contributed by atoms with van der Waals surface area (Å²) in [6, 6.07) is 39.7. The van der Waals surface area contributed by atoms with Gasteiger partial charge in [0.1, 0.15) is 23.2 Å². The van der Waals surface area contributed by atoms with Gasteiger partial charge in [0.15, 0.2) is 11.6 Å². The molecule has 0 fully saturated rings. The largest absolute Gasteiger partial charge is 0.289 e. The van der Waals surface area contributed by atoms with E-state index in [9.17, 15) is 9.59 Å². The lowest BCUT2D eigenvalue weighted by molar-refractivity contribution is 0.0981. The number of allylic oxidation sites excluding steroid dienone is 2. The van der Waals surface area contributed by atoms with E-state index < -0.39 is 7.26 Å². The molecule has 0 unspecified atom stereocenters. The lowest BCUT2D eigenvalue weighted by Gasteiger charge is -2.27. The van der Waals surface area contributed by atoms with Crippen LogP contribution in [-0.2, 0) is 0 Å². The number of benzene rings is 4. The first-order chi connectivity index (χ1) is 17.2. The molecule has 2 nitrogen and oxygen atoms in total. The average molecular weight is 476 g/mol. The molecule has 0 bridgehead atoms. The van der Waals surface area contributed by atoms with Crippen LogP contribution in [-0.4, -0.2) is 17.7 Å². The number of hydrogen-bond donors (Lipinski definition) is 0. The number of carbonyl (C=O) groups is 2. The van der Waals surface area contributed by atoms with Crippen molar-refractivity contribution in [2.75, 3.05) is 6.16 Å². The quantitative estimate of drug-likeness (QED) is 0.226. The number of fused-ring (bicyclic) bond motifs is 1. The van der Waals surface area contributed by atoms with E-state index in [4.69, 9.17) is 0 Å². The molecule has 4 aromatic rings. The summed E-state index contributed by atoms with van der Waals surface area (Å²) < 4.78 is 0. The maximum absolute atomic E-state index is 13.0. The zero-order chi connectivity index (χ0) is 24.1. The molecule has 1 aliphatic carbocycles. The van der Waals surface area contributed by atoms with E-state index in [1.165, 1.54) is 15.9 Å². The topological polar surface area (TPSA) is 34.1 Å². The Hall–Kier alpha value is -3.61. The highest BCUT2D eigenvalue weighted by Gasteiger charge is 2.44. The summed E-state index contributed by atoms with van der Waals surface area (Å²) in [6.07, 6.45) is 5.02. The van der Waals surface area contributed by atoms with Gasteiger partial charge in [0.2, 0.25) is 0 Å². The van der Waals surface area contributed by atoms with Gasteiger partial charge >= 0.3 is 0 Å². The van der Waals surface area contributed by atoms with Gasteiger partial charge in [0.25, 0.3) is 0 Å². The molecule has 1 aliphatic rings. The predicted molar refractivity (Wildman–Crippen MR) is 147 cm³/mol. The van der Waals surface area contributed by atoms with Crippen molar-refractivity contribution in [2.45, 2.75) is 19.3 Å². The summed E-state index contributed by atoms with van der Waals surface area (Å²) in [5.74, 6) is -0.0645. The minimum absolute atomic E-state index is 0.00422. The highest BCUT2D eigenvalue weighted by Crippen LogP contribution is 2.56. The molecule has 35 heavy (non-hydrogen) atoms. The van der Waals surface area contributed by atoms with Gasteiger partial charge in [-0.2, -0.15) is 0 Å². The molecule has 0 saturated carbocycles. The van der Waals surface area contributed by atoms with Crippen LogP contribution in [0.25, 0.3) is 0 Å². The standard InChI is InChI=1S/C32H28O2P/c33-31-24-25(32(34)30-22-11-10-21-29(30)31)14-12-13-23-35(26-15-4-1-5-16-26,27-17-6-2-7-18-27)28-19-8-3-9-20-28/h1-11,15-22,24H,12-14,23H2/q+1. The third-order valence-corrected chi connectivity index (χ3v) is 11.3. The zero-order valence-electron chi connectivity index (χ0n) is 19.6. The number of ketones is 2. The smallest absolute Gasteiger partial charge is 0.189 e. The van der Waals surface area contributed by atoms with Crippen molar-refractivity contribution < 1.29 is 9.59 Å². The second-order valence-corrected chi connectivity index (χ2v) is 12.5. The summed E-state index contributed by atoms with van der Waals surface area (Å²) >= 11 is 0. The molecular weight excluding hydrogens is 447 g/mol. The molecule has 0 heterocycles. The summed E-state index contributed by atoms with van der Waals surface area (Å²) in [5, 5.41) is 4.11. The van der Waals surface area contributed by atoms with Crippen LogP contribution in [0.5, 0.6) is 0 Å². The average Bonchev–Trinajstić information content (AvgIpc) is 2.93. The first-order valence-electron chi connectivity index (χ1n) is 12.1. The van der Waals surface area contributed by atoms with Crippen molar-refractivity contribution in [3.05, 3.63) is 138 Å². The Morgan fingerprint density at radius 2 is 0.971 bits per heavy atom. The van der Waals surface area contributed by atoms with E-state index in [-0.39, 0.29) is 11.6 Å². The highest BCUT2D eigenvalue weighted by atomic mass is 31.2. The molecule has 0 amide bonds. The van der Waals surface area contributed by atoms with Gasteiger partial charge in [-0.25, -0.2) is 0 Å². The first-order valence-corrected chi connectivity index (χ1v) is 14.1. The number of unbranched alkanes of at least 4 members (excludes halogenated alkanes) is 1. The third-order valence-electron chi connectivity index (χ3n) is 6.81. The van der Waals surface area contributed by atoms with E-state index in [2.05, 4.69) is 91.0 Å². The molecule has 0 aromatic heterocycles. The Morgan fingerprint density at radius 1 is 0.514 bits per heavy atom. The molecule has 0 spiro atoms. The Kier molecular flexibility index (Phi) is 6.84. The summed E-state index contributed by atoms with van der Waals surface area (Å²) in [5.41, 5.74) is 1.69. The fourth-order valence-electron chi connectivity index (χ4n) is 5.10. The molecule has 0 atom stereocenters. The maximum Gasteiger partial charge on any atom is 0.189 e. The van der Waals surface area contributed by atoms with Crippen molar-refractivity contribution in [1.82, 2.24) is 0 Å². The maximum atomic E-state index is 13.0. The number of Topliss-reactive ketones (excluding diaryl/α,β-unsaturated/α-hetero) is 1. The van der Waals surface area contributed by atoms with Crippen molar-refractivity contribution in [2.24, 2.45) is 0 Å². The SMILES string of the molecule is O=C1C=C(CCCC[P+](c2ccccc2)(c2ccccc2)c2ccccc2)C(=O)c2ccccc21. The Balaban J connectivity index is 1.43. The van der Waals surface area contributed by atoms with Gasteiger partial charge < -0.3 is 0 Å². The fraction of sp³-hybridized carbons (Fsp3) is 0.125. The second kappa shape index (κ2) is 10.3. The molecule has 0 N–H and O–H groups in total. The van der Waals surface area contributed by atoms with Gasteiger partial charge in [-0.05, 0) is 61.7 Å². The van der Waals surface area contributed by atoms with E-state index in [1.54, 1.807) is 18.2 Å². The van der Waals surface area contributed by atoms with Crippen molar-refractivity contribution in [3.63, 3.8) is 0 Å². The van der Waals surface area contributed by atoms with E-state index in [0.717, 1.165) is 19.0 Å². The van der Waals surface area contributed by atoms with Gasteiger partial charge in [0.05, 0.1) is 6.16 Å². The minimum Gasteiger partial charge on any atom is -0.289 e. The molecule has 0 aliphatic heterocycles. The lowest BCUT2D eigenvalue weighted by Crippen LogP contribution is -2.33. The van der Waals surface area contributed by atoms with Crippen LogP contribution in [0.15, 0.2) is 127 Å². The lowest BCUT2D eigenvalue weighted by atomic mass is 9.87. The number of hydrogen-bond acceptors (Lipinski definition) is 2. The summed E-state index contributed by atoms with van der Waals surface area (Å²) in [4.78, 5) is 25.6. The van der Waals surface area contributed by atoms with Crippen LogP contribution in [0, 0.1) is 0 Å². The molecule has 4 aromatic carbocycles. The zero-order valence-corrected chi connectivity index (χ0v) is 20.5. The molecule has 172 valence electrons. The van der Waals surface area contributed by atoms with Gasteiger partial charge in [-0.15, -0.1) is 0 Å².